The molecule has 2 heterocycles. The summed E-state index contributed by atoms with van der Waals surface area (Å²) in [6.07, 6.45) is 6.97. The van der Waals surface area contributed by atoms with Gasteiger partial charge in [-0.1, -0.05) is 0 Å². The molecule has 0 bridgehead atoms. The normalized spacial score (nSPS) is 15.7. The highest BCUT2D eigenvalue weighted by atomic mass is 16.5. The van der Waals surface area contributed by atoms with Gasteiger partial charge in [0.2, 0.25) is 0 Å². The highest BCUT2D eigenvalue weighted by Crippen LogP contribution is 2.23. The Balaban J connectivity index is 2.23. The fraction of sp³-hybridized carbons (Fsp3) is 0.538. The van der Waals surface area contributed by atoms with E-state index < -0.39 is 0 Å². The Hall–Kier alpha value is -1.58. The second-order valence-corrected chi connectivity index (χ2v) is 4.16. The van der Waals surface area contributed by atoms with Gasteiger partial charge in [-0.15, -0.1) is 0 Å². The van der Waals surface area contributed by atoms with Crippen molar-refractivity contribution >= 4 is 11.7 Å². The van der Waals surface area contributed by atoms with Gasteiger partial charge in [0, 0.05) is 25.5 Å². The highest BCUT2D eigenvalue weighted by molar-refractivity contribution is 5.95. The van der Waals surface area contributed by atoms with Crippen molar-refractivity contribution in [2.24, 2.45) is 0 Å². The number of anilines is 1. The van der Waals surface area contributed by atoms with Gasteiger partial charge < -0.3 is 9.64 Å². The van der Waals surface area contributed by atoms with Gasteiger partial charge >= 0.3 is 5.97 Å². The van der Waals surface area contributed by atoms with Gasteiger partial charge in [-0.2, -0.15) is 0 Å². The van der Waals surface area contributed by atoms with Crippen molar-refractivity contribution in [2.45, 2.75) is 26.2 Å². The molecule has 2 rings (SSSR count). The summed E-state index contributed by atoms with van der Waals surface area (Å²) in [5.41, 5.74) is 1.54. The summed E-state index contributed by atoms with van der Waals surface area (Å²) in [6.45, 7) is 4.23. The number of ether oxygens (including phenoxy) is 1. The van der Waals surface area contributed by atoms with Crippen LogP contribution in [0.4, 0.5) is 5.69 Å². The lowest BCUT2D eigenvalue weighted by molar-refractivity contribution is 0.0526. The lowest BCUT2D eigenvalue weighted by Crippen LogP contribution is -2.31. The van der Waals surface area contributed by atoms with Crippen molar-refractivity contribution in [2.75, 3.05) is 24.6 Å². The molecule has 0 atom stereocenters. The van der Waals surface area contributed by atoms with E-state index in [0.29, 0.717) is 12.2 Å². The zero-order valence-electron chi connectivity index (χ0n) is 10.2. The van der Waals surface area contributed by atoms with E-state index in [1.165, 1.54) is 19.3 Å². The van der Waals surface area contributed by atoms with Crippen molar-refractivity contribution in [1.82, 2.24) is 4.98 Å². The van der Waals surface area contributed by atoms with Crippen molar-refractivity contribution in [3.8, 4) is 0 Å². The zero-order valence-corrected chi connectivity index (χ0v) is 10.2. The van der Waals surface area contributed by atoms with Gasteiger partial charge in [0.25, 0.3) is 0 Å². The average Bonchev–Trinajstić information content (AvgIpc) is 2.40. The third kappa shape index (κ3) is 2.75. The number of pyridine rings is 1. The smallest absolute Gasteiger partial charge is 0.341 e. The number of hydrogen-bond acceptors (Lipinski definition) is 4. The molecule has 0 aliphatic carbocycles. The minimum absolute atomic E-state index is 0.277. The van der Waals surface area contributed by atoms with E-state index >= 15 is 0 Å². The number of piperidine rings is 1. The third-order valence-corrected chi connectivity index (χ3v) is 2.99. The number of rotatable bonds is 3. The lowest BCUT2D eigenvalue weighted by Gasteiger charge is -2.29. The van der Waals surface area contributed by atoms with Crippen LogP contribution in [0.15, 0.2) is 18.5 Å². The van der Waals surface area contributed by atoms with Crippen LogP contribution in [0.2, 0.25) is 0 Å². The SMILES string of the molecule is CCOC(=O)c1cnccc1N1CCCCC1. The lowest BCUT2D eigenvalue weighted by atomic mass is 10.1. The Morgan fingerprint density at radius 3 is 2.88 bits per heavy atom. The van der Waals surface area contributed by atoms with Crippen molar-refractivity contribution in [3.05, 3.63) is 24.0 Å². The van der Waals surface area contributed by atoms with Gasteiger partial charge in [-0.3, -0.25) is 4.98 Å². The third-order valence-electron chi connectivity index (χ3n) is 2.99. The fourth-order valence-corrected chi connectivity index (χ4v) is 2.16. The molecule has 1 aromatic heterocycles. The fourth-order valence-electron chi connectivity index (χ4n) is 2.16. The van der Waals surface area contributed by atoms with E-state index in [9.17, 15) is 4.79 Å². The summed E-state index contributed by atoms with van der Waals surface area (Å²) in [6, 6.07) is 1.90. The number of carbonyl (C=O) groups excluding carboxylic acids is 1. The van der Waals surface area contributed by atoms with Crippen molar-refractivity contribution in [1.29, 1.82) is 0 Å². The number of esters is 1. The standard InChI is InChI=1S/C13H18N2O2/c1-2-17-13(16)11-10-14-7-6-12(11)15-8-4-3-5-9-15/h6-7,10H,2-5,8-9H2,1H3. The van der Waals surface area contributed by atoms with Crippen LogP contribution in [0.3, 0.4) is 0 Å². The van der Waals surface area contributed by atoms with Crippen LogP contribution in [-0.4, -0.2) is 30.6 Å². The molecule has 1 saturated heterocycles. The summed E-state index contributed by atoms with van der Waals surface area (Å²) in [5, 5.41) is 0. The first kappa shape index (κ1) is 11.9. The number of nitrogens with zero attached hydrogens (tertiary/aromatic N) is 2. The molecule has 0 amide bonds. The maximum atomic E-state index is 11.8. The summed E-state index contributed by atoms with van der Waals surface area (Å²) < 4.78 is 5.05. The first-order valence-corrected chi connectivity index (χ1v) is 6.19. The summed E-state index contributed by atoms with van der Waals surface area (Å²) in [5.74, 6) is -0.277. The molecular weight excluding hydrogens is 216 g/mol. The summed E-state index contributed by atoms with van der Waals surface area (Å²) >= 11 is 0. The van der Waals surface area contributed by atoms with E-state index in [0.717, 1.165) is 18.8 Å². The van der Waals surface area contributed by atoms with Crippen LogP contribution in [0.5, 0.6) is 0 Å². The second kappa shape index (κ2) is 5.66. The van der Waals surface area contributed by atoms with E-state index in [4.69, 9.17) is 4.74 Å². The highest BCUT2D eigenvalue weighted by Gasteiger charge is 2.19. The first-order valence-electron chi connectivity index (χ1n) is 6.19. The Morgan fingerprint density at radius 1 is 1.41 bits per heavy atom. The first-order chi connectivity index (χ1) is 8.33. The predicted molar refractivity (Wildman–Crippen MR) is 66.3 cm³/mol. The molecule has 0 spiro atoms. The minimum Gasteiger partial charge on any atom is -0.462 e. The van der Waals surface area contributed by atoms with Crippen LogP contribution in [-0.2, 0) is 4.74 Å². The molecule has 0 aromatic carbocycles. The maximum absolute atomic E-state index is 11.8. The van der Waals surface area contributed by atoms with E-state index in [1.54, 1.807) is 12.4 Å². The topological polar surface area (TPSA) is 42.4 Å². The molecule has 0 saturated carbocycles. The van der Waals surface area contributed by atoms with Crippen LogP contribution >= 0.6 is 0 Å². The molecule has 1 fully saturated rings. The summed E-state index contributed by atoms with van der Waals surface area (Å²) in [7, 11) is 0. The molecular formula is C13H18N2O2. The number of hydrogen-bond donors (Lipinski definition) is 0. The number of carbonyl (C=O) groups is 1. The maximum Gasteiger partial charge on any atom is 0.341 e. The molecule has 0 unspecified atom stereocenters. The molecule has 0 radical (unpaired) electrons. The zero-order chi connectivity index (χ0) is 12.1. The quantitative estimate of drug-likeness (QED) is 0.752. The predicted octanol–water partition coefficient (Wildman–Crippen LogP) is 2.25. The second-order valence-electron chi connectivity index (χ2n) is 4.16. The van der Waals surface area contributed by atoms with Gasteiger partial charge in [-0.25, -0.2) is 4.79 Å². The molecule has 92 valence electrons. The molecule has 1 aromatic rings. The average molecular weight is 234 g/mol. The monoisotopic (exact) mass is 234 g/mol. The van der Waals surface area contributed by atoms with Gasteiger partial charge in [-0.05, 0) is 32.3 Å². The Kier molecular flexibility index (Phi) is 3.96. The van der Waals surface area contributed by atoms with Gasteiger partial charge in [0.05, 0.1) is 12.3 Å². The Bertz CT molecular complexity index is 387. The van der Waals surface area contributed by atoms with Crippen LogP contribution < -0.4 is 4.90 Å². The minimum atomic E-state index is -0.277. The van der Waals surface area contributed by atoms with E-state index in [2.05, 4.69) is 9.88 Å². The summed E-state index contributed by atoms with van der Waals surface area (Å²) in [4.78, 5) is 18.1. The Labute approximate surface area is 102 Å². The van der Waals surface area contributed by atoms with Crippen LogP contribution in [0.25, 0.3) is 0 Å². The molecule has 1 aliphatic rings. The van der Waals surface area contributed by atoms with Crippen molar-refractivity contribution in [3.63, 3.8) is 0 Å². The van der Waals surface area contributed by atoms with Crippen LogP contribution in [0.1, 0.15) is 36.5 Å². The van der Waals surface area contributed by atoms with Crippen LogP contribution in [0, 0.1) is 0 Å². The number of aromatic nitrogens is 1. The van der Waals surface area contributed by atoms with Gasteiger partial charge in [0.1, 0.15) is 5.56 Å². The Morgan fingerprint density at radius 2 is 2.18 bits per heavy atom. The molecule has 4 nitrogen and oxygen atoms in total. The van der Waals surface area contributed by atoms with E-state index in [-0.39, 0.29) is 5.97 Å². The van der Waals surface area contributed by atoms with E-state index in [1.807, 2.05) is 13.0 Å². The molecule has 4 heteroatoms. The van der Waals surface area contributed by atoms with Crippen molar-refractivity contribution < 1.29 is 9.53 Å². The molecule has 0 N–H and O–H groups in total. The molecule has 17 heavy (non-hydrogen) atoms. The largest absolute Gasteiger partial charge is 0.462 e. The molecule has 1 aliphatic heterocycles. The van der Waals surface area contributed by atoms with Gasteiger partial charge in [0.15, 0.2) is 0 Å².